The van der Waals surface area contributed by atoms with E-state index in [4.69, 9.17) is 28.7 Å². The predicted molar refractivity (Wildman–Crippen MR) is 150 cm³/mol. The fraction of sp³-hybridized carbons (Fsp3) is 0.467. The molecule has 0 amide bonds. The Bertz CT molecular complexity index is 1140. The number of carbonyl (C=O) groups is 1. The van der Waals surface area contributed by atoms with Crippen molar-refractivity contribution in [1.82, 2.24) is 4.98 Å². The van der Waals surface area contributed by atoms with E-state index in [0.717, 1.165) is 40.0 Å². The molecule has 1 aromatic heterocycles. The fourth-order valence-electron chi connectivity index (χ4n) is 3.60. The van der Waals surface area contributed by atoms with Crippen LogP contribution in [0.3, 0.4) is 0 Å². The molecular weight excluding hydrogens is 484 g/mol. The average molecular weight is 525 g/mol. The molecule has 0 spiro atoms. The molecule has 0 N–H and O–H groups in total. The van der Waals surface area contributed by atoms with E-state index >= 15 is 0 Å². The lowest BCUT2D eigenvalue weighted by Crippen LogP contribution is -2.27. The molecule has 2 aromatic carbocycles. The Labute approximate surface area is 225 Å². The largest absolute Gasteiger partial charge is 0.493 e. The van der Waals surface area contributed by atoms with Crippen molar-refractivity contribution in [2.75, 3.05) is 65.2 Å². The molecule has 0 fully saturated rings. The van der Waals surface area contributed by atoms with Crippen molar-refractivity contribution in [2.45, 2.75) is 32.8 Å². The summed E-state index contributed by atoms with van der Waals surface area (Å²) < 4.78 is 27.3. The predicted octanol–water partition coefficient (Wildman–Crippen LogP) is 5.13. The smallest absolute Gasteiger partial charge is 0.332 e. The maximum absolute atomic E-state index is 11.5. The molecule has 0 bridgehead atoms. The second-order valence-corrected chi connectivity index (χ2v) is 10.1. The topological polar surface area (TPSA) is 79.4 Å². The number of pyridine rings is 1. The highest BCUT2D eigenvalue weighted by atomic mass is 16.6. The molecule has 8 heteroatoms. The van der Waals surface area contributed by atoms with Crippen LogP contribution in [0.15, 0.2) is 54.6 Å². The summed E-state index contributed by atoms with van der Waals surface area (Å²) >= 11 is 0. The van der Waals surface area contributed by atoms with Crippen LogP contribution in [0.4, 0.5) is 5.69 Å². The van der Waals surface area contributed by atoms with Gasteiger partial charge in [-0.15, -0.1) is 0 Å². The van der Waals surface area contributed by atoms with Crippen LogP contribution in [-0.4, -0.2) is 76.9 Å². The van der Waals surface area contributed by atoms with Gasteiger partial charge < -0.3 is 28.6 Å². The van der Waals surface area contributed by atoms with E-state index in [-0.39, 0.29) is 12.6 Å². The van der Waals surface area contributed by atoms with Crippen LogP contribution in [-0.2, 0) is 23.7 Å². The van der Waals surface area contributed by atoms with Crippen LogP contribution in [0.5, 0.6) is 5.75 Å². The van der Waals surface area contributed by atoms with E-state index in [1.807, 2.05) is 59.1 Å². The van der Waals surface area contributed by atoms with Crippen LogP contribution < -0.4 is 9.64 Å². The fourth-order valence-corrected chi connectivity index (χ4v) is 3.60. The van der Waals surface area contributed by atoms with Crippen molar-refractivity contribution in [3.63, 3.8) is 0 Å². The van der Waals surface area contributed by atoms with Gasteiger partial charge in [-0.1, -0.05) is 18.2 Å². The quantitative estimate of drug-likeness (QED) is 0.200. The molecular formula is C30H40N2O6. The molecule has 0 aliphatic heterocycles. The lowest BCUT2D eigenvalue weighted by molar-refractivity contribution is -0.160. The highest BCUT2D eigenvalue weighted by Crippen LogP contribution is 2.25. The third-order valence-corrected chi connectivity index (χ3v) is 5.43. The SMILES string of the molecule is CN(C)c1ccc(-c2ccc3cc(OCCCOCCOCCOCC(=O)OC(C)(C)C)ccc3n2)cc1. The van der Waals surface area contributed by atoms with Gasteiger partial charge >= 0.3 is 5.97 Å². The van der Waals surface area contributed by atoms with Gasteiger partial charge in [-0.3, -0.25) is 0 Å². The molecule has 0 aliphatic rings. The van der Waals surface area contributed by atoms with Gasteiger partial charge in [0.05, 0.1) is 44.2 Å². The molecule has 0 atom stereocenters. The number of esters is 1. The number of hydrogen-bond acceptors (Lipinski definition) is 8. The number of hydrogen-bond donors (Lipinski definition) is 0. The number of aromatic nitrogens is 1. The summed E-state index contributed by atoms with van der Waals surface area (Å²) in [6.07, 6.45) is 0.775. The molecule has 0 saturated heterocycles. The Hall–Kier alpha value is -3.20. The van der Waals surface area contributed by atoms with Crippen molar-refractivity contribution < 1.29 is 28.5 Å². The van der Waals surface area contributed by atoms with E-state index in [9.17, 15) is 4.79 Å². The van der Waals surface area contributed by atoms with Gasteiger partial charge in [0.2, 0.25) is 0 Å². The second-order valence-electron chi connectivity index (χ2n) is 10.1. The number of rotatable bonds is 15. The molecule has 206 valence electrons. The molecule has 38 heavy (non-hydrogen) atoms. The van der Waals surface area contributed by atoms with Crippen molar-refractivity contribution in [2.24, 2.45) is 0 Å². The maximum atomic E-state index is 11.5. The van der Waals surface area contributed by atoms with E-state index in [1.54, 1.807) is 0 Å². The first-order valence-corrected chi connectivity index (χ1v) is 13.0. The Morgan fingerprint density at radius 3 is 2.18 bits per heavy atom. The van der Waals surface area contributed by atoms with Crippen LogP contribution in [0.1, 0.15) is 27.2 Å². The molecule has 0 saturated carbocycles. The molecule has 3 aromatic rings. The Morgan fingerprint density at radius 1 is 0.816 bits per heavy atom. The van der Waals surface area contributed by atoms with Gasteiger partial charge in [-0.2, -0.15) is 0 Å². The molecule has 8 nitrogen and oxygen atoms in total. The van der Waals surface area contributed by atoms with Gasteiger partial charge in [-0.05, 0) is 57.2 Å². The summed E-state index contributed by atoms with van der Waals surface area (Å²) in [5, 5.41) is 1.04. The lowest BCUT2D eigenvalue weighted by atomic mass is 10.1. The van der Waals surface area contributed by atoms with Crippen LogP contribution in [0.2, 0.25) is 0 Å². The Kier molecular flexibility index (Phi) is 11.3. The molecule has 0 unspecified atom stereocenters. The zero-order valence-corrected chi connectivity index (χ0v) is 23.2. The Morgan fingerprint density at radius 2 is 1.50 bits per heavy atom. The minimum atomic E-state index is -0.503. The van der Waals surface area contributed by atoms with Crippen molar-refractivity contribution >= 4 is 22.6 Å². The molecule has 3 rings (SSSR count). The average Bonchev–Trinajstić information content (AvgIpc) is 2.88. The van der Waals surface area contributed by atoms with E-state index < -0.39 is 5.60 Å². The summed E-state index contributed by atoms with van der Waals surface area (Å²) in [5.74, 6) is 0.441. The first kappa shape index (κ1) is 29.4. The third kappa shape index (κ3) is 10.3. The second kappa shape index (κ2) is 14.7. The van der Waals surface area contributed by atoms with E-state index in [1.165, 1.54) is 0 Å². The van der Waals surface area contributed by atoms with Crippen molar-refractivity contribution in [1.29, 1.82) is 0 Å². The summed E-state index contributed by atoms with van der Waals surface area (Å²) in [5.41, 5.74) is 3.64. The van der Waals surface area contributed by atoms with Gasteiger partial charge in [0.25, 0.3) is 0 Å². The Balaban J connectivity index is 1.27. The highest BCUT2D eigenvalue weighted by Gasteiger charge is 2.15. The number of carbonyl (C=O) groups excluding carboxylic acids is 1. The summed E-state index contributed by atoms with van der Waals surface area (Å²) in [6.45, 7) is 8.24. The maximum Gasteiger partial charge on any atom is 0.332 e. The summed E-state index contributed by atoms with van der Waals surface area (Å²) in [6, 6.07) is 18.5. The first-order chi connectivity index (χ1) is 18.2. The van der Waals surface area contributed by atoms with Crippen molar-refractivity contribution in [3.8, 4) is 17.0 Å². The van der Waals surface area contributed by atoms with Gasteiger partial charge in [-0.25, -0.2) is 9.78 Å². The standard InChI is InChI=1S/C30H40N2O6/c1-30(2,3)38-29(33)22-36-20-19-35-18-17-34-15-6-16-37-26-12-14-28-24(21-26)9-13-27(31-28)23-7-10-25(11-8-23)32(4)5/h7-14,21H,6,15-20,22H2,1-5H3. The lowest BCUT2D eigenvalue weighted by Gasteiger charge is -2.19. The van der Waals surface area contributed by atoms with Gasteiger partial charge in [0, 0.05) is 43.8 Å². The zero-order valence-electron chi connectivity index (χ0n) is 23.2. The molecule has 0 aliphatic carbocycles. The number of benzene rings is 2. The monoisotopic (exact) mass is 524 g/mol. The minimum Gasteiger partial charge on any atom is -0.493 e. The molecule has 1 heterocycles. The van der Waals surface area contributed by atoms with Gasteiger partial charge in [0.1, 0.15) is 18.0 Å². The molecule has 0 radical (unpaired) electrons. The first-order valence-electron chi connectivity index (χ1n) is 13.0. The number of anilines is 1. The normalized spacial score (nSPS) is 11.5. The van der Waals surface area contributed by atoms with E-state index in [2.05, 4.69) is 35.2 Å². The summed E-state index contributed by atoms with van der Waals surface area (Å²) in [4.78, 5) is 18.4. The van der Waals surface area contributed by atoms with Crippen molar-refractivity contribution in [3.05, 3.63) is 54.6 Å². The minimum absolute atomic E-state index is 0.0719. The third-order valence-electron chi connectivity index (χ3n) is 5.43. The van der Waals surface area contributed by atoms with Gasteiger partial charge in [0.15, 0.2) is 0 Å². The number of nitrogens with zero attached hydrogens (tertiary/aromatic N) is 2. The van der Waals surface area contributed by atoms with E-state index in [0.29, 0.717) is 39.6 Å². The zero-order chi connectivity index (χ0) is 27.4. The van der Waals surface area contributed by atoms with Crippen LogP contribution in [0.25, 0.3) is 22.2 Å². The van der Waals surface area contributed by atoms with Crippen LogP contribution in [0, 0.1) is 0 Å². The highest BCUT2D eigenvalue weighted by molar-refractivity contribution is 5.83. The van der Waals surface area contributed by atoms with Crippen LogP contribution >= 0.6 is 0 Å². The number of ether oxygens (including phenoxy) is 5. The summed E-state index contributed by atoms with van der Waals surface area (Å²) in [7, 11) is 4.06. The number of fused-ring (bicyclic) bond motifs is 1.